The summed E-state index contributed by atoms with van der Waals surface area (Å²) in [4.78, 5) is 29.2. The summed E-state index contributed by atoms with van der Waals surface area (Å²) in [5, 5.41) is 3.94. The minimum atomic E-state index is -0.203. The number of hydrogen-bond donors (Lipinski definition) is 2. The highest BCUT2D eigenvalue weighted by atomic mass is 16.1. The van der Waals surface area contributed by atoms with Crippen molar-refractivity contribution in [3.05, 3.63) is 54.4 Å². The second kappa shape index (κ2) is 8.22. The molecule has 0 aliphatic carbocycles. The molecule has 0 bridgehead atoms. The molecule has 3 N–H and O–H groups in total. The lowest BCUT2D eigenvalue weighted by molar-refractivity contribution is 0.0947. The number of anilines is 1. The Bertz CT molecular complexity index is 1150. The molecule has 0 saturated heterocycles. The van der Waals surface area contributed by atoms with E-state index in [0.717, 1.165) is 53.6 Å². The predicted octanol–water partition coefficient (Wildman–Crippen LogP) is 2.73. The van der Waals surface area contributed by atoms with Gasteiger partial charge >= 0.3 is 0 Å². The molecule has 0 fully saturated rings. The lowest BCUT2D eigenvalue weighted by Crippen LogP contribution is -2.25. The van der Waals surface area contributed by atoms with Gasteiger partial charge < -0.3 is 15.6 Å². The molecule has 0 radical (unpaired) electrons. The molecule has 0 spiro atoms. The van der Waals surface area contributed by atoms with E-state index in [1.165, 1.54) is 12.4 Å². The van der Waals surface area contributed by atoms with Gasteiger partial charge in [-0.1, -0.05) is 25.1 Å². The highest BCUT2D eigenvalue weighted by molar-refractivity contribution is 6.06. The van der Waals surface area contributed by atoms with Crippen LogP contribution in [-0.2, 0) is 13.0 Å². The van der Waals surface area contributed by atoms with E-state index in [9.17, 15) is 4.79 Å². The zero-order chi connectivity index (χ0) is 20.2. The van der Waals surface area contributed by atoms with Crippen LogP contribution in [0.5, 0.6) is 0 Å². The number of nitrogen functional groups attached to an aromatic ring is 1. The first-order chi connectivity index (χ1) is 14.2. The van der Waals surface area contributed by atoms with Crippen molar-refractivity contribution in [1.29, 1.82) is 0 Å². The van der Waals surface area contributed by atoms with Crippen molar-refractivity contribution in [2.24, 2.45) is 0 Å². The van der Waals surface area contributed by atoms with E-state index in [2.05, 4.69) is 37.8 Å². The maximum Gasteiger partial charge on any atom is 0.271 e. The van der Waals surface area contributed by atoms with Crippen LogP contribution in [0.4, 0.5) is 5.82 Å². The number of benzene rings is 1. The van der Waals surface area contributed by atoms with Crippen molar-refractivity contribution in [3.63, 3.8) is 0 Å². The number of nitrogens with two attached hydrogens (primary N) is 1. The van der Waals surface area contributed by atoms with E-state index in [4.69, 9.17) is 10.7 Å². The Labute approximate surface area is 168 Å². The van der Waals surface area contributed by atoms with Gasteiger partial charge in [-0.25, -0.2) is 15.0 Å². The molecule has 0 saturated carbocycles. The number of hydrogen-bond acceptors (Lipinski definition) is 6. The van der Waals surface area contributed by atoms with Crippen LogP contribution in [0.25, 0.3) is 21.9 Å². The number of carbonyl (C=O) groups excluding carboxylic acids is 1. The number of aromatic nitrogens is 5. The number of fused-ring (bicyclic) bond motifs is 3. The second-order valence-corrected chi connectivity index (χ2v) is 6.80. The van der Waals surface area contributed by atoms with Crippen molar-refractivity contribution < 1.29 is 4.79 Å². The fourth-order valence-electron chi connectivity index (χ4n) is 3.52. The summed E-state index contributed by atoms with van der Waals surface area (Å²) < 4.78 is 2.24. The molecular formula is C21H23N7O. The minimum absolute atomic E-state index is 0.203. The zero-order valence-electron chi connectivity index (χ0n) is 16.3. The molecule has 8 heteroatoms. The monoisotopic (exact) mass is 389 g/mol. The van der Waals surface area contributed by atoms with Gasteiger partial charge in [-0.3, -0.25) is 9.78 Å². The van der Waals surface area contributed by atoms with Crippen LogP contribution in [0, 0.1) is 0 Å². The van der Waals surface area contributed by atoms with Crippen LogP contribution in [0.2, 0.25) is 0 Å². The zero-order valence-corrected chi connectivity index (χ0v) is 16.3. The molecule has 29 heavy (non-hydrogen) atoms. The largest absolute Gasteiger partial charge is 0.382 e. The summed E-state index contributed by atoms with van der Waals surface area (Å²) >= 11 is 0. The van der Waals surface area contributed by atoms with Crippen LogP contribution < -0.4 is 11.1 Å². The third-order valence-corrected chi connectivity index (χ3v) is 4.90. The Balaban J connectivity index is 1.48. The van der Waals surface area contributed by atoms with Crippen molar-refractivity contribution in [2.45, 2.75) is 32.7 Å². The fourth-order valence-corrected chi connectivity index (χ4v) is 3.52. The van der Waals surface area contributed by atoms with E-state index in [-0.39, 0.29) is 5.91 Å². The number of imidazole rings is 1. The number of para-hydroxylation sites is 1. The van der Waals surface area contributed by atoms with Crippen LogP contribution >= 0.6 is 0 Å². The molecule has 0 unspecified atom stereocenters. The highest BCUT2D eigenvalue weighted by Gasteiger charge is 2.16. The van der Waals surface area contributed by atoms with Crippen LogP contribution in [-0.4, -0.2) is 37.0 Å². The summed E-state index contributed by atoms with van der Waals surface area (Å²) in [6.07, 6.45) is 7.07. The summed E-state index contributed by atoms with van der Waals surface area (Å²) in [6.45, 7) is 3.46. The number of aryl methyl sites for hydroxylation is 2. The normalized spacial score (nSPS) is 11.2. The van der Waals surface area contributed by atoms with Gasteiger partial charge in [-0.05, 0) is 18.9 Å². The van der Waals surface area contributed by atoms with Gasteiger partial charge in [-0.2, -0.15) is 0 Å². The number of rotatable bonds is 7. The van der Waals surface area contributed by atoms with Crippen LogP contribution in [0.15, 0.2) is 42.9 Å². The Morgan fingerprint density at radius 1 is 1.17 bits per heavy atom. The molecule has 3 heterocycles. The maximum absolute atomic E-state index is 12.0. The van der Waals surface area contributed by atoms with Crippen molar-refractivity contribution in [1.82, 2.24) is 29.8 Å². The molecule has 8 nitrogen and oxygen atoms in total. The smallest absolute Gasteiger partial charge is 0.271 e. The SMILES string of the molecule is CCc1nc2c(N)nc3ccccc3c2n1CCCCNC(=O)c1cnccn1. The fraction of sp³-hybridized carbons (Fsp3) is 0.286. The van der Waals surface area contributed by atoms with Gasteiger partial charge in [0, 0.05) is 37.3 Å². The number of pyridine rings is 1. The lowest BCUT2D eigenvalue weighted by atomic mass is 10.2. The topological polar surface area (TPSA) is 112 Å². The standard InChI is InChI=1S/C21H23N7O/c1-2-17-27-18-19(14-7-3-4-8-15(14)26-20(18)22)28(17)12-6-5-9-25-21(29)16-13-23-10-11-24-16/h3-4,7-8,10-11,13H,2,5-6,9,12H2,1H3,(H2,22,26)(H,25,29). The minimum Gasteiger partial charge on any atom is -0.382 e. The Kier molecular flexibility index (Phi) is 5.33. The first-order valence-electron chi connectivity index (χ1n) is 9.76. The third kappa shape index (κ3) is 3.73. The summed E-state index contributed by atoms with van der Waals surface area (Å²) in [6, 6.07) is 7.99. The van der Waals surface area contributed by atoms with E-state index in [1.54, 1.807) is 6.20 Å². The molecule has 0 atom stereocenters. The average molecular weight is 389 g/mol. The van der Waals surface area contributed by atoms with E-state index >= 15 is 0 Å². The van der Waals surface area contributed by atoms with Crippen LogP contribution in [0.1, 0.15) is 36.1 Å². The van der Waals surface area contributed by atoms with E-state index in [0.29, 0.717) is 18.1 Å². The van der Waals surface area contributed by atoms with Gasteiger partial charge in [0.1, 0.15) is 17.0 Å². The summed E-state index contributed by atoms with van der Waals surface area (Å²) in [7, 11) is 0. The molecule has 1 aromatic carbocycles. The number of nitrogens with one attached hydrogen (secondary N) is 1. The Hall–Kier alpha value is -3.55. The van der Waals surface area contributed by atoms with Crippen molar-refractivity contribution >= 4 is 33.7 Å². The Morgan fingerprint density at radius 3 is 2.83 bits per heavy atom. The van der Waals surface area contributed by atoms with Crippen molar-refractivity contribution in [2.75, 3.05) is 12.3 Å². The number of unbranched alkanes of at least 4 members (excludes halogenated alkanes) is 1. The second-order valence-electron chi connectivity index (χ2n) is 6.80. The predicted molar refractivity (Wildman–Crippen MR) is 112 cm³/mol. The van der Waals surface area contributed by atoms with E-state index < -0.39 is 0 Å². The maximum atomic E-state index is 12.0. The van der Waals surface area contributed by atoms with Crippen LogP contribution in [0.3, 0.4) is 0 Å². The molecule has 0 aliphatic rings. The third-order valence-electron chi connectivity index (χ3n) is 4.90. The van der Waals surface area contributed by atoms with Gasteiger partial charge in [0.25, 0.3) is 5.91 Å². The summed E-state index contributed by atoms with van der Waals surface area (Å²) in [5.74, 6) is 1.25. The van der Waals surface area contributed by atoms with Gasteiger partial charge in [0.05, 0.1) is 17.2 Å². The molecular weight excluding hydrogens is 366 g/mol. The molecule has 4 rings (SSSR count). The Morgan fingerprint density at radius 2 is 2.03 bits per heavy atom. The first-order valence-corrected chi connectivity index (χ1v) is 9.76. The molecule has 148 valence electrons. The number of amides is 1. The first kappa shape index (κ1) is 18.8. The van der Waals surface area contributed by atoms with Gasteiger partial charge in [0.15, 0.2) is 5.82 Å². The quantitative estimate of drug-likeness (QED) is 0.470. The van der Waals surface area contributed by atoms with E-state index in [1.807, 2.05) is 18.2 Å². The molecule has 4 aromatic rings. The number of nitrogens with zero attached hydrogens (tertiary/aromatic N) is 5. The van der Waals surface area contributed by atoms with Gasteiger partial charge in [0.2, 0.25) is 0 Å². The number of carbonyl (C=O) groups is 1. The highest BCUT2D eigenvalue weighted by Crippen LogP contribution is 2.29. The average Bonchev–Trinajstić information content (AvgIpc) is 3.13. The van der Waals surface area contributed by atoms with Crippen molar-refractivity contribution in [3.8, 4) is 0 Å². The van der Waals surface area contributed by atoms with Gasteiger partial charge in [-0.15, -0.1) is 0 Å². The lowest BCUT2D eigenvalue weighted by Gasteiger charge is -2.10. The molecule has 3 aromatic heterocycles. The molecule has 0 aliphatic heterocycles. The summed E-state index contributed by atoms with van der Waals surface area (Å²) in [5.41, 5.74) is 9.18. The molecule has 1 amide bonds.